The molecule has 0 unspecified atom stereocenters. The Hall–Kier alpha value is -1.18. The van der Waals surface area contributed by atoms with E-state index in [1.54, 1.807) is 19.4 Å². The van der Waals surface area contributed by atoms with E-state index < -0.39 is 10.0 Å². The smallest absolute Gasteiger partial charge is 0.242 e. The highest BCUT2D eigenvalue weighted by molar-refractivity contribution is 7.89. The standard InChI is InChI=1S/C11H19N3O3S/c1-3-13-10-7-11(9-12-8-10)18(15,16)14-5-4-6-17-2/h7-9,13-14H,3-6H2,1-2H3. The molecule has 0 saturated heterocycles. The van der Waals surface area contributed by atoms with Gasteiger partial charge < -0.3 is 10.1 Å². The minimum Gasteiger partial charge on any atom is -0.385 e. The number of nitrogens with zero attached hydrogens (tertiary/aromatic N) is 1. The molecule has 1 aromatic heterocycles. The monoisotopic (exact) mass is 273 g/mol. The molecule has 1 aromatic rings. The van der Waals surface area contributed by atoms with Crippen LogP contribution in [0.5, 0.6) is 0 Å². The first-order valence-electron chi connectivity index (χ1n) is 5.77. The molecule has 0 aromatic carbocycles. The molecule has 2 N–H and O–H groups in total. The number of pyridine rings is 1. The summed E-state index contributed by atoms with van der Waals surface area (Å²) in [5.41, 5.74) is 0.692. The van der Waals surface area contributed by atoms with Crippen LogP contribution in [0.3, 0.4) is 0 Å². The first kappa shape index (κ1) is 14.9. The van der Waals surface area contributed by atoms with Crippen molar-refractivity contribution < 1.29 is 13.2 Å². The van der Waals surface area contributed by atoms with Crippen LogP contribution in [0.15, 0.2) is 23.4 Å². The van der Waals surface area contributed by atoms with E-state index in [-0.39, 0.29) is 4.90 Å². The second-order valence-corrected chi connectivity index (χ2v) is 5.45. The van der Waals surface area contributed by atoms with Gasteiger partial charge >= 0.3 is 0 Å². The molecule has 1 rings (SSSR count). The van der Waals surface area contributed by atoms with E-state index in [1.165, 1.54) is 6.20 Å². The lowest BCUT2D eigenvalue weighted by atomic mass is 10.4. The van der Waals surface area contributed by atoms with Crippen molar-refractivity contribution in [3.05, 3.63) is 18.5 Å². The molecular weight excluding hydrogens is 254 g/mol. The molecule has 18 heavy (non-hydrogen) atoms. The van der Waals surface area contributed by atoms with E-state index in [2.05, 4.69) is 15.0 Å². The Bertz CT molecular complexity index is 462. The number of sulfonamides is 1. The van der Waals surface area contributed by atoms with Gasteiger partial charge in [0.15, 0.2) is 0 Å². The number of methoxy groups -OCH3 is 1. The molecule has 102 valence electrons. The Balaban J connectivity index is 2.69. The van der Waals surface area contributed by atoms with E-state index in [9.17, 15) is 8.42 Å². The topological polar surface area (TPSA) is 80.3 Å². The lowest BCUT2D eigenvalue weighted by Crippen LogP contribution is -2.25. The maximum Gasteiger partial charge on any atom is 0.242 e. The zero-order valence-electron chi connectivity index (χ0n) is 10.6. The van der Waals surface area contributed by atoms with Crippen molar-refractivity contribution in [1.82, 2.24) is 9.71 Å². The minimum atomic E-state index is -3.49. The summed E-state index contributed by atoms with van der Waals surface area (Å²) in [5.74, 6) is 0. The van der Waals surface area contributed by atoms with Crippen LogP contribution in [-0.2, 0) is 14.8 Å². The zero-order chi connectivity index (χ0) is 13.4. The van der Waals surface area contributed by atoms with Crippen LogP contribution < -0.4 is 10.0 Å². The average molecular weight is 273 g/mol. The number of aromatic nitrogens is 1. The highest BCUT2D eigenvalue weighted by Gasteiger charge is 2.14. The highest BCUT2D eigenvalue weighted by atomic mass is 32.2. The van der Waals surface area contributed by atoms with Crippen molar-refractivity contribution >= 4 is 15.7 Å². The largest absolute Gasteiger partial charge is 0.385 e. The molecule has 0 saturated carbocycles. The van der Waals surface area contributed by atoms with Gasteiger partial charge in [-0.25, -0.2) is 13.1 Å². The quantitative estimate of drug-likeness (QED) is 0.686. The van der Waals surface area contributed by atoms with Gasteiger partial charge in [-0.05, 0) is 19.4 Å². The van der Waals surface area contributed by atoms with Crippen LogP contribution in [0, 0.1) is 0 Å². The molecule has 0 aliphatic heterocycles. The first-order chi connectivity index (χ1) is 8.60. The fraction of sp³-hybridized carbons (Fsp3) is 0.545. The van der Waals surface area contributed by atoms with Crippen molar-refractivity contribution in [2.45, 2.75) is 18.2 Å². The molecule has 1 heterocycles. The van der Waals surface area contributed by atoms with Crippen molar-refractivity contribution in [3.63, 3.8) is 0 Å². The number of nitrogens with one attached hydrogen (secondary N) is 2. The van der Waals surface area contributed by atoms with Crippen LogP contribution in [0.25, 0.3) is 0 Å². The normalized spacial score (nSPS) is 11.4. The molecule has 6 nitrogen and oxygen atoms in total. The number of rotatable bonds is 8. The number of ether oxygens (including phenoxy) is 1. The second-order valence-electron chi connectivity index (χ2n) is 3.68. The van der Waals surface area contributed by atoms with Crippen LogP contribution in [-0.4, -0.2) is 40.2 Å². The van der Waals surface area contributed by atoms with Gasteiger partial charge in [-0.1, -0.05) is 0 Å². The zero-order valence-corrected chi connectivity index (χ0v) is 11.5. The summed E-state index contributed by atoms with van der Waals surface area (Å²) < 4.78 is 31.2. The molecule has 0 atom stereocenters. The van der Waals surface area contributed by atoms with Crippen LogP contribution >= 0.6 is 0 Å². The molecule has 0 aliphatic carbocycles. The van der Waals surface area contributed by atoms with Gasteiger partial charge in [0.1, 0.15) is 4.90 Å². The summed E-state index contributed by atoms with van der Waals surface area (Å²) in [4.78, 5) is 4.07. The highest BCUT2D eigenvalue weighted by Crippen LogP contribution is 2.12. The molecule has 0 radical (unpaired) electrons. The Morgan fingerprint density at radius 1 is 1.39 bits per heavy atom. The summed E-state index contributed by atoms with van der Waals surface area (Å²) in [6, 6.07) is 1.56. The van der Waals surface area contributed by atoms with Crippen molar-refractivity contribution in [3.8, 4) is 0 Å². The van der Waals surface area contributed by atoms with Gasteiger partial charge in [0.25, 0.3) is 0 Å². The summed E-state index contributed by atoms with van der Waals surface area (Å²) in [7, 11) is -1.91. The molecule has 0 aliphatic rings. The predicted octanol–water partition coefficient (Wildman–Crippen LogP) is 0.828. The van der Waals surface area contributed by atoms with Crippen LogP contribution in [0.1, 0.15) is 13.3 Å². The number of hydrogen-bond acceptors (Lipinski definition) is 5. The van der Waals surface area contributed by atoms with Gasteiger partial charge in [-0.15, -0.1) is 0 Å². The lowest BCUT2D eigenvalue weighted by molar-refractivity contribution is 0.196. The van der Waals surface area contributed by atoms with Crippen molar-refractivity contribution in [2.24, 2.45) is 0 Å². The molecule has 0 fully saturated rings. The minimum absolute atomic E-state index is 0.165. The van der Waals surface area contributed by atoms with Gasteiger partial charge in [0.2, 0.25) is 10.0 Å². The van der Waals surface area contributed by atoms with Gasteiger partial charge in [-0.3, -0.25) is 4.98 Å². The molecule has 7 heteroatoms. The van der Waals surface area contributed by atoms with Crippen LogP contribution in [0.4, 0.5) is 5.69 Å². The second kappa shape index (κ2) is 7.30. The Morgan fingerprint density at radius 3 is 2.83 bits per heavy atom. The van der Waals surface area contributed by atoms with E-state index in [1.807, 2.05) is 6.92 Å². The predicted molar refractivity (Wildman–Crippen MR) is 70.1 cm³/mol. The third kappa shape index (κ3) is 4.59. The SMILES string of the molecule is CCNc1cncc(S(=O)(=O)NCCCOC)c1. The summed E-state index contributed by atoms with van der Waals surface area (Å²) in [6.45, 7) is 3.52. The average Bonchev–Trinajstić information content (AvgIpc) is 2.36. The fourth-order valence-corrected chi connectivity index (χ4v) is 2.43. The van der Waals surface area contributed by atoms with E-state index >= 15 is 0 Å². The van der Waals surface area contributed by atoms with Gasteiger partial charge in [0, 0.05) is 33.0 Å². The summed E-state index contributed by atoms with van der Waals surface area (Å²) in [5, 5.41) is 3.02. The first-order valence-corrected chi connectivity index (χ1v) is 7.26. The number of anilines is 1. The van der Waals surface area contributed by atoms with Gasteiger partial charge in [0.05, 0.1) is 11.9 Å². The fourth-order valence-electron chi connectivity index (χ4n) is 1.37. The maximum absolute atomic E-state index is 11.9. The maximum atomic E-state index is 11.9. The van der Waals surface area contributed by atoms with Crippen molar-refractivity contribution in [1.29, 1.82) is 0 Å². The van der Waals surface area contributed by atoms with Crippen LogP contribution in [0.2, 0.25) is 0 Å². The lowest BCUT2D eigenvalue weighted by Gasteiger charge is -2.08. The van der Waals surface area contributed by atoms with E-state index in [0.29, 0.717) is 31.8 Å². The van der Waals surface area contributed by atoms with E-state index in [4.69, 9.17) is 4.74 Å². The van der Waals surface area contributed by atoms with Crippen molar-refractivity contribution in [2.75, 3.05) is 32.1 Å². The third-order valence-corrected chi connectivity index (χ3v) is 3.65. The Morgan fingerprint density at radius 2 is 2.17 bits per heavy atom. The molecule has 0 bridgehead atoms. The Kier molecular flexibility index (Phi) is 6.03. The molecule has 0 spiro atoms. The van der Waals surface area contributed by atoms with Gasteiger partial charge in [-0.2, -0.15) is 0 Å². The third-order valence-electron chi connectivity index (χ3n) is 2.22. The summed E-state index contributed by atoms with van der Waals surface area (Å²) >= 11 is 0. The molecular formula is C11H19N3O3S. The molecule has 0 amide bonds. The number of hydrogen-bond donors (Lipinski definition) is 2. The van der Waals surface area contributed by atoms with E-state index in [0.717, 1.165) is 0 Å². The summed E-state index contributed by atoms with van der Waals surface area (Å²) in [6.07, 6.45) is 3.56. The Labute approximate surface area is 108 Å².